The average Bonchev–Trinajstić information content (AvgIpc) is 3.12. The van der Waals surface area contributed by atoms with Gasteiger partial charge in [-0.3, -0.25) is 9.59 Å². The Balaban J connectivity index is 1.20. The highest BCUT2D eigenvalue weighted by Crippen LogP contribution is 2.27. The van der Waals surface area contributed by atoms with E-state index in [2.05, 4.69) is 29.9 Å². The maximum atomic E-state index is 12.9. The van der Waals surface area contributed by atoms with Gasteiger partial charge in [-0.15, -0.1) is 4.72 Å². The highest BCUT2D eigenvalue weighted by Gasteiger charge is 2.26. The molecule has 0 aliphatic rings. The highest BCUT2D eigenvalue weighted by atomic mass is 33.1. The molecule has 4 aromatic rings. The van der Waals surface area contributed by atoms with Crippen LogP contribution in [-0.2, 0) is 21.0 Å². The monoisotopic (exact) mass is 766 g/mol. The molecule has 0 amide bonds. The third kappa shape index (κ3) is 13.2. The van der Waals surface area contributed by atoms with Crippen LogP contribution in [0.4, 0.5) is 34.1 Å². The van der Waals surface area contributed by atoms with Gasteiger partial charge in [0.15, 0.2) is 10.9 Å². The van der Waals surface area contributed by atoms with Crippen LogP contribution in [0.15, 0.2) is 127 Å². The molecule has 0 radical (unpaired) electrons. The van der Waals surface area contributed by atoms with Gasteiger partial charge in [0.2, 0.25) is 0 Å². The van der Waals surface area contributed by atoms with Gasteiger partial charge in [0.1, 0.15) is 6.04 Å². The van der Waals surface area contributed by atoms with Gasteiger partial charge >= 0.3 is 11.9 Å². The van der Waals surface area contributed by atoms with E-state index in [0.717, 1.165) is 22.0 Å². The maximum absolute atomic E-state index is 12.9. The Bertz CT molecular complexity index is 1760. The Hall–Kier alpha value is -4.10. The van der Waals surface area contributed by atoms with E-state index in [1.165, 1.54) is 33.5 Å². The number of hydrogen-bond donors (Lipinski definition) is 4. The highest BCUT2D eigenvalue weighted by molar-refractivity contribution is 8.76. The minimum absolute atomic E-state index is 0.0555. The Kier molecular flexibility index (Phi) is 15.6. The number of azo groups is 2. The van der Waals surface area contributed by atoms with Crippen LogP contribution in [0.2, 0.25) is 0 Å². The number of anilines is 2. The van der Waals surface area contributed by atoms with Crippen LogP contribution < -0.4 is 19.2 Å². The molecule has 268 valence electrons. The fourth-order valence-electron chi connectivity index (χ4n) is 3.96. The first kappa shape index (κ1) is 39.7. The predicted molar refractivity (Wildman–Crippen MR) is 209 cm³/mol. The number of nitrogens with one attached hydrogen (secondary N) is 2. The Morgan fingerprint density at radius 3 is 1.41 bits per heavy atom. The second kappa shape index (κ2) is 20.1. The topological polar surface area (TPSA) is 178 Å². The molecule has 4 N–H and O–H groups in total. The molecule has 17 heteroatoms. The molecule has 3 unspecified atom stereocenters. The van der Waals surface area contributed by atoms with E-state index in [-0.39, 0.29) is 11.5 Å². The van der Waals surface area contributed by atoms with Crippen LogP contribution in [0.1, 0.15) is 0 Å². The summed E-state index contributed by atoms with van der Waals surface area (Å²) in [4.78, 5) is 28.9. The Morgan fingerprint density at radius 1 is 0.647 bits per heavy atom. The number of carboxylic acids is 2. The van der Waals surface area contributed by atoms with Gasteiger partial charge in [0.05, 0.1) is 34.1 Å². The van der Waals surface area contributed by atoms with Crippen molar-refractivity contribution in [1.29, 1.82) is 0 Å². The first-order chi connectivity index (χ1) is 24.5. The molecule has 4 rings (SSSR count). The molecule has 0 bridgehead atoms. The SMILES string of the molecule is CN(C)c1ccc(/N=N/c2ccc(SNC(CSSCC(N[S+]([O-])c3ccc(/N=N/c4ccc(N(C)C)cc4)cc3)C(=O)O)C(=O)O)cc2)cc1. The lowest BCUT2D eigenvalue weighted by molar-refractivity contribution is -0.139. The molecule has 3 atom stereocenters. The number of hydrogen-bond acceptors (Lipinski definition) is 14. The van der Waals surface area contributed by atoms with Crippen molar-refractivity contribution in [3.8, 4) is 0 Å². The van der Waals surface area contributed by atoms with Gasteiger partial charge in [-0.2, -0.15) is 20.5 Å². The lowest BCUT2D eigenvalue weighted by Crippen LogP contribution is -2.42. The summed E-state index contributed by atoms with van der Waals surface area (Å²) in [5.74, 6) is -1.99. The summed E-state index contributed by atoms with van der Waals surface area (Å²) in [6.45, 7) is 0. The molecule has 0 heterocycles. The average molecular weight is 767 g/mol. The minimum atomic E-state index is -1.81. The van der Waals surface area contributed by atoms with Crippen molar-refractivity contribution in [3.05, 3.63) is 97.1 Å². The largest absolute Gasteiger partial charge is 0.593 e. The summed E-state index contributed by atoms with van der Waals surface area (Å²) >= 11 is -0.633. The van der Waals surface area contributed by atoms with Crippen LogP contribution >= 0.6 is 33.5 Å². The van der Waals surface area contributed by atoms with E-state index in [1.54, 1.807) is 36.4 Å². The van der Waals surface area contributed by atoms with Crippen molar-refractivity contribution in [1.82, 2.24) is 9.44 Å². The van der Waals surface area contributed by atoms with Gasteiger partial charge in [0, 0.05) is 56.0 Å². The zero-order chi connectivity index (χ0) is 36.8. The summed E-state index contributed by atoms with van der Waals surface area (Å²) in [5.41, 5.74) is 4.73. The van der Waals surface area contributed by atoms with Gasteiger partial charge in [-0.25, -0.2) is 4.72 Å². The second-order valence-electron chi connectivity index (χ2n) is 11.2. The summed E-state index contributed by atoms with van der Waals surface area (Å²) in [6, 6.07) is 26.9. The van der Waals surface area contributed by atoms with E-state index in [0.29, 0.717) is 22.0 Å². The second-order valence-corrected chi connectivity index (χ2v) is 15.9. The third-order valence-electron chi connectivity index (χ3n) is 6.90. The van der Waals surface area contributed by atoms with Crippen LogP contribution in [0.5, 0.6) is 0 Å². The Labute approximate surface area is 312 Å². The Morgan fingerprint density at radius 2 is 1.02 bits per heavy atom. The number of benzene rings is 4. The zero-order valence-corrected chi connectivity index (χ0v) is 31.5. The molecule has 0 saturated carbocycles. The molecule has 0 aliphatic carbocycles. The van der Waals surface area contributed by atoms with Crippen molar-refractivity contribution >= 4 is 91.0 Å². The van der Waals surface area contributed by atoms with Gasteiger partial charge in [-0.05, 0) is 109 Å². The lowest BCUT2D eigenvalue weighted by atomic mass is 10.3. The number of nitrogens with zero attached hydrogens (tertiary/aromatic N) is 6. The molecule has 0 spiro atoms. The van der Waals surface area contributed by atoms with Gasteiger partial charge in [0.25, 0.3) is 0 Å². The lowest BCUT2D eigenvalue weighted by Gasteiger charge is -2.17. The van der Waals surface area contributed by atoms with E-state index in [4.69, 9.17) is 0 Å². The van der Waals surface area contributed by atoms with Crippen LogP contribution in [0, 0.1) is 0 Å². The number of rotatable bonds is 19. The number of carbonyl (C=O) groups is 2. The molecular weight excluding hydrogens is 729 g/mol. The van der Waals surface area contributed by atoms with Crippen LogP contribution in [0.3, 0.4) is 0 Å². The van der Waals surface area contributed by atoms with Crippen molar-refractivity contribution in [2.45, 2.75) is 21.9 Å². The molecule has 0 aromatic heterocycles. The summed E-state index contributed by atoms with van der Waals surface area (Å²) in [6.07, 6.45) is 0. The molecule has 0 fully saturated rings. The fourth-order valence-corrected chi connectivity index (χ4v) is 8.18. The summed E-state index contributed by atoms with van der Waals surface area (Å²) in [5, 5.41) is 36.4. The normalized spacial score (nSPS) is 13.3. The first-order valence-electron chi connectivity index (χ1n) is 15.4. The standard InChI is InChI=1S/C34H38N8O5S4/c1-41(2)27-13-5-23(6-14-27)35-37-25-9-17-29(18-10-25)50-39-31(33(43)44)21-48-49-22-32(34(45)46)40-51(47)30-19-11-26(12-20-30)38-36-24-7-15-28(16-8-24)42(3)4/h5-20,31-32,39-40H,21-22H2,1-4H3,(H,43,44)(H,45,46)/b37-35+,38-36+. The number of aliphatic carboxylic acids is 2. The van der Waals surface area contributed by atoms with Crippen molar-refractivity contribution in [2.75, 3.05) is 49.5 Å². The van der Waals surface area contributed by atoms with E-state index in [1.807, 2.05) is 98.7 Å². The van der Waals surface area contributed by atoms with Crippen molar-refractivity contribution < 1.29 is 24.4 Å². The first-order valence-corrected chi connectivity index (χ1v) is 19.8. The van der Waals surface area contributed by atoms with E-state index >= 15 is 0 Å². The van der Waals surface area contributed by atoms with Crippen molar-refractivity contribution in [3.63, 3.8) is 0 Å². The molecule has 0 saturated heterocycles. The quantitative estimate of drug-likeness (QED) is 0.0239. The molecule has 0 aliphatic heterocycles. The maximum Gasteiger partial charge on any atom is 0.326 e. The third-order valence-corrected chi connectivity index (χ3v) is 11.4. The van der Waals surface area contributed by atoms with E-state index < -0.39 is 35.4 Å². The minimum Gasteiger partial charge on any atom is -0.593 e. The van der Waals surface area contributed by atoms with E-state index in [9.17, 15) is 24.4 Å². The molecular formula is C34H38N8O5S4. The predicted octanol–water partition coefficient (Wildman–Crippen LogP) is 7.85. The van der Waals surface area contributed by atoms with Crippen LogP contribution in [-0.4, -0.2) is 78.5 Å². The van der Waals surface area contributed by atoms with Crippen LogP contribution in [0.25, 0.3) is 0 Å². The van der Waals surface area contributed by atoms with Gasteiger partial charge in [-0.1, -0.05) is 21.6 Å². The molecule has 51 heavy (non-hydrogen) atoms. The summed E-state index contributed by atoms with van der Waals surface area (Å²) < 4.78 is 18.5. The molecule has 4 aromatic carbocycles. The summed E-state index contributed by atoms with van der Waals surface area (Å²) in [7, 11) is 10.2. The zero-order valence-electron chi connectivity index (χ0n) is 28.2. The number of carboxylic acid groups (broad SMARTS) is 2. The smallest absolute Gasteiger partial charge is 0.326 e. The molecule has 13 nitrogen and oxygen atoms in total. The fraction of sp³-hybridized carbons (Fsp3) is 0.235. The van der Waals surface area contributed by atoms with Gasteiger partial charge < -0.3 is 24.6 Å². The van der Waals surface area contributed by atoms with Crippen molar-refractivity contribution in [2.24, 2.45) is 20.5 Å².